The number of hydrogen-bond acceptors (Lipinski definition) is 3. The van der Waals surface area contributed by atoms with Gasteiger partial charge in [-0.1, -0.05) is 19.1 Å². The van der Waals surface area contributed by atoms with Gasteiger partial charge in [0.2, 0.25) is 0 Å². The lowest BCUT2D eigenvalue weighted by molar-refractivity contribution is 0.318. The standard InChI is InChI=1S/C18H21NO2/c1-2-11-20-16-7-4-8-17(18(16)19)21-15-10-9-13-5-3-6-14(13)12-15/h4,7-10,12H,2-3,5-6,11,19H2,1H3. The molecule has 21 heavy (non-hydrogen) atoms. The quantitative estimate of drug-likeness (QED) is 0.830. The lowest BCUT2D eigenvalue weighted by atomic mass is 10.1. The van der Waals surface area contributed by atoms with Crippen molar-refractivity contribution in [2.24, 2.45) is 0 Å². The van der Waals surface area contributed by atoms with Gasteiger partial charge < -0.3 is 15.2 Å². The first-order valence-corrected chi connectivity index (χ1v) is 7.59. The van der Waals surface area contributed by atoms with Crippen LogP contribution >= 0.6 is 0 Å². The molecule has 0 heterocycles. The summed E-state index contributed by atoms with van der Waals surface area (Å²) in [5.74, 6) is 2.19. The first-order valence-electron chi connectivity index (χ1n) is 7.59. The fraction of sp³-hybridized carbons (Fsp3) is 0.333. The molecule has 0 fully saturated rings. The van der Waals surface area contributed by atoms with Crippen LogP contribution in [0.25, 0.3) is 0 Å². The number of aryl methyl sites for hydroxylation is 2. The fourth-order valence-corrected chi connectivity index (χ4v) is 2.69. The minimum atomic E-state index is 0.562. The molecule has 0 saturated carbocycles. The van der Waals surface area contributed by atoms with E-state index in [0.29, 0.717) is 23.8 Å². The Balaban J connectivity index is 1.81. The van der Waals surface area contributed by atoms with E-state index in [1.807, 2.05) is 24.3 Å². The molecular formula is C18H21NO2. The van der Waals surface area contributed by atoms with Crippen LogP contribution in [-0.4, -0.2) is 6.61 Å². The van der Waals surface area contributed by atoms with Crippen molar-refractivity contribution in [3.63, 3.8) is 0 Å². The van der Waals surface area contributed by atoms with Gasteiger partial charge in [0.05, 0.1) is 6.61 Å². The van der Waals surface area contributed by atoms with Gasteiger partial charge in [-0.25, -0.2) is 0 Å². The highest BCUT2D eigenvalue weighted by molar-refractivity contribution is 5.63. The largest absolute Gasteiger partial charge is 0.491 e. The predicted molar refractivity (Wildman–Crippen MR) is 85.2 cm³/mol. The van der Waals surface area contributed by atoms with Gasteiger partial charge in [0.15, 0.2) is 5.75 Å². The van der Waals surface area contributed by atoms with E-state index in [9.17, 15) is 0 Å². The van der Waals surface area contributed by atoms with Gasteiger partial charge in [-0.15, -0.1) is 0 Å². The molecule has 0 atom stereocenters. The van der Waals surface area contributed by atoms with Crippen molar-refractivity contribution < 1.29 is 9.47 Å². The minimum Gasteiger partial charge on any atom is -0.491 e. The molecule has 0 radical (unpaired) electrons. The summed E-state index contributed by atoms with van der Waals surface area (Å²) in [4.78, 5) is 0. The number of ether oxygens (including phenoxy) is 2. The third-order valence-corrected chi connectivity index (χ3v) is 3.79. The second kappa shape index (κ2) is 6.08. The number of para-hydroxylation sites is 1. The van der Waals surface area contributed by atoms with Crippen molar-refractivity contribution in [3.8, 4) is 17.2 Å². The zero-order valence-electron chi connectivity index (χ0n) is 12.4. The van der Waals surface area contributed by atoms with Crippen LogP contribution in [0, 0.1) is 0 Å². The molecule has 0 amide bonds. The Bertz CT molecular complexity index is 637. The zero-order valence-corrected chi connectivity index (χ0v) is 12.4. The van der Waals surface area contributed by atoms with Gasteiger partial charge >= 0.3 is 0 Å². The van der Waals surface area contributed by atoms with Crippen molar-refractivity contribution >= 4 is 5.69 Å². The Kier molecular flexibility index (Phi) is 4.00. The summed E-state index contributed by atoms with van der Waals surface area (Å²) in [6.45, 7) is 2.73. The lowest BCUT2D eigenvalue weighted by Gasteiger charge is -2.13. The minimum absolute atomic E-state index is 0.562. The number of nitrogen functional groups attached to an aromatic ring is 1. The van der Waals surface area contributed by atoms with Crippen LogP contribution in [-0.2, 0) is 12.8 Å². The second-order valence-corrected chi connectivity index (χ2v) is 5.40. The summed E-state index contributed by atoms with van der Waals surface area (Å²) in [7, 11) is 0. The Hall–Kier alpha value is -2.16. The van der Waals surface area contributed by atoms with Crippen LogP contribution in [0.3, 0.4) is 0 Å². The summed E-state index contributed by atoms with van der Waals surface area (Å²) in [5.41, 5.74) is 9.53. The summed E-state index contributed by atoms with van der Waals surface area (Å²) in [6, 6.07) is 12.0. The maximum Gasteiger partial charge on any atom is 0.154 e. The van der Waals surface area contributed by atoms with Crippen LogP contribution in [0.15, 0.2) is 36.4 Å². The molecular weight excluding hydrogens is 262 g/mol. The average molecular weight is 283 g/mol. The molecule has 0 aromatic heterocycles. The van der Waals surface area contributed by atoms with E-state index in [4.69, 9.17) is 15.2 Å². The molecule has 2 N–H and O–H groups in total. The fourth-order valence-electron chi connectivity index (χ4n) is 2.69. The van der Waals surface area contributed by atoms with Gasteiger partial charge in [-0.2, -0.15) is 0 Å². The van der Waals surface area contributed by atoms with Crippen molar-refractivity contribution in [3.05, 3.63) is 47.5 Å². The summed E-state index contributed by atoms with van der Waals surface area (Å²) in [6.07, 6.45) is 4.51. The number of hydrogen-bond donors (Lipinski definition) is 1. The highest BCUT2D eigenvalue weighted by atomic mass is 16.5. The summed E-state index contributed by atoms with van der Waals surface area (Å²) < 4.78 is 11.6. The average Bonchev–Trinajstić information content (AvgIpc) is 2.96. The van der Waals surface area contributed by atoms with E-state index in [0.717, 1.165) is 18.6 Å². The van der Waals surface area contributed by atoms with Gasteiger partial charge in [-0.05, 0) is 61.1 Å². The molecule has 0 unspecified atom stereocenters. The molecule has 1 aliphatic carbocycles. The second-order valence-electron chi connectivity index (χ2n) is 5.40. The van der Waals surface area contributed by atoms with Crippen LogP contribution in [0.5, 0.6) is 17.2 Å². The molecule has 0 aliphatic heterocycles. The molecule has 3 heteroatoms. The maximum absolute atomic E-state index is 6.13. The predicted octanol–water partition coefficient (Wildman–Crippen LogP) is 4.34. The van der Waals surface area contributed by atoms with Crippen molar-refractivity contribution in [1.29, 1.82) is 0 Å². The third kappa shape index (κ3) is 2.97. The van der Waals surface area contributed by atoms with E-state index in [2.05, 4.69) is 19.1 Å². The molecule has 0 spiro atoms. The monoisotopic (exact) mass is 283 g/mol. The zero-order chi connectivity index (χ0) is 14.7. The van der Waals surface area contributed by atoms with Gasteiger partial charge in [-0.3, -0.25) is 0 Å². The van der Waals surface area contributed by atoms with Crippen LogP contribution in [0.1, 0.15) is 30.9 Å². The molecule has 0 bridgehead atoms. The van der Waals surface area contributed by atoms with Crippen molar-refractivity contribution in [2.75, 3.05) is 12.3 Å². The summed E-state index contributed by atoms with van der Waals surface area (Å²) >= 11 is 0. The van der Waals surface area contributed by atoms with E-state index in [-0.39, 0.29) is 0 Å². The number of benzene rings is 2. The maximum atomic E-state index is 6.13. The van der Waals surface area contributed by atoms with Gasteiger partial charge in [0, 0.05) is 0 Å². The van der Waals surface area contributed by atoms with Crippen molar-refractivity contribution in [2.45, 2.75) is 32.6 Å². The number of rotatable bonds is 5. The van der Waals surface area contributed by atoms with Crippen LogP contribution in [0.2, 0.25) is 0 Å². The first kappa shape index (κ1) is 13.8. The molecule has 0 saturated heterocycles. The van der Waals surface area contributed by atoms with E-state index in [1.165, 1.54) is 24.0 Å². The smallest absolute Gasteiger partial charge is 0.154 e. The number of nitrogens with two attached hydrogens (primary N) is 1. The highest BCUT2D eigenvalue weighted by Crippen LogP contribution is 2.36. The molecule has 1 aliphatic rings. The van der Waals surface area contributed by atoms with Crippen LogP contribution in [0.4, 0.5) is 5.69 Å². The Morgan fingerprint density at radius 3 is 2.71 bits per heavy atom. The summed E-state index contributed by atoms with van der Waals surface area (Å²) in [5, 5.41) is 0. The SMILES string of the molecule is CCCOc1cccc(Oc2ccc3c(c2)CCC3)c1N. The molecule has 110 valence electrons. The molecule has 2 aromatic rings. The third-order valence-electron chi connectivity index (χ3n) is 3.79. The molecule has 3 rings (SSSR count). The van der Waals surface area contributed by atoms with Crippen molar-refractivity contribution in [1.82, 2.24) is 0 Å². The highest BCUT2D eigenvalue weighted by Gasteiger charge is 2.13. The van der Waals surface area contributed by atoms with E-state index in [1.54, 1.807) is 0 Å². The Labute approximate surface area is 125 Å². The lowest BCUT2D eigenvalue weighted by Crippen LogP contribution is -2.00. The number of anilines is 1. The first-order chi connectivity index (χ1) is 10.3. The van der Waals surface area contributed by atoms with E-state index < -0.39 is 0 Å². The van der Waals surface area contributed by atoms with Gasteiger partial charge in [0.25, 0.3) is 0 Å². The molecule has 2 aromatic carbocycles. The molecule has 3 nitrogen and oxygen atoms in total. The Morgan fingerprint density at radius 1 is 1.05 bits per heavy atom. The topological polar surface area (TPSA) is 44.5 Å². The van der Waals surface area contributed by atoms with E-state index >= 15 is 0 Å². The number of fused-ring (bicyclic) bond motifs is 1. The normalized spacial score (nSPS) is 13.0. The Morgan fingerprint density at radius 2 is 1.86 bits per heavy atom. The van der Waals surface area contributed by atoms with Gasteiger partial charge in [0.1, 0.15) is 17.2 Å². The van der Waals surface area contributed by atoms with Crippen LogP contribution < -0.4 is 15.2 Å².